The van der Waals surface area contributed by atoms with Crippen molar-refractivity contribution in [3.05, 3.63) is 0 Å². The van der Waals surface area contributed by atoms with E-state index in [1.807, 2.05) is 6.92 Å². The summed E-state index contributed by atoms with van der Waals surface area (Å²) in [5.74, 6) is 0.0983. The molecule has 0 saturated carbocycles. The fourth-order valence-electron chi connectivity index (χ4n) is 2.79. The summed E-state index contributed by atoms with van der Waals surface area (Å²) in [6.45, 7) is 5.02. The second-order valence-corrected chi connectivity index (χ2v) is 5.55. The zero-order valence-corrected chi connectivity index (χ0v) is 12.0. The Labute approximate surface area is 115 Å². The number of hydrogen-bond donors (Lipinski definition) is 2. The van der Waals surface area contributed by atoms with E-state index in [4.69, 9.17) is 5.11 Å². The van der Waals surface area contributed by atoms with Crippen molar-refractivity contribution < 1.29 is 14.7 Å². The van der Waals surface area contributed by atoms with E-state index in [0.29, 0.717) is 12.3 Å². The van der Waals surface area contributed by atoms with Crippen LogP contribution >= 0.6 is 0 Å². The molecule has 0 aromatic heterocycles. The van der Waals surface area contributed by atoms with E-state index < -0.39 is 5.97 Å². The van der Waals surface area contributed by atoms with Crippen LogP contribution in [0, 0.1) is 11.8 Å². The smallest absolute Gasteiger partial charge is 0.303 e. The maximum Gasteiger partial charge on any atom is 0.303 e. The topological polar surface area (TPSA) is 69.6 Å². The van der Waals surface area contributed by atoms with Crippen molar-refractivity contribution in [2.75, 3.05) is 26.7 Å². The number of rotatable bonds is 7. The van der Waals surface area contributed by atoms with E-state index >= 15 is 0 Å². The number of likely N-dealkylation sites (tertiary alicyclic amines) is 1. The number of carbonyl (C=O) groups excluding carboxylic acids is 1. The van der Waals surface area contributed by atoms with Crippen molar-refractivity contribution in [1.82, 2.24) is 10.2 Å². The van der Waals surface area contributed by atoms with E-state index in [-0.39, 0.29) is 18.2 Å². The molecule has 1 aliphatic rings. The van der Waals surface area contributed by atoms with Crippen molar-refractivity contribution >= 4 is 11.9 Å². The van der Waals surface area contributed by atoms with Crippen molar-refractivity contribution in [2.24, 2.45) is 11.8 Å². The summed E-state index contributed by atoms with van der Waals surface area (Å²) >= 11 is 0. The maximum atomic E-state index is 11.2. The summed E-state index contributed by atoms with van der Waals surface area (Å²) < 4.78 is 0. The van der Waals surface area contributed by atoms with Gasteiger partial charge in [0, 0.05) is 26.4 Å². The summed E-state index contributed by atoms with van der Waals surface area (Å²) in [5, 5.41) is 11.5. The van der Waals surface area contributed by atoms with E-state index in [1.54, 1.807) is 7.05 Å². The summed E-state index contributed by atoms with van der Waals surface area (Å²) in [6, 6.07) is 0. The highest BCUT2D eigenvalue weighted by Gasteiger charge is 2.25. The first-order valence-corrected chi connectivity index (χ1v) is 7.17. The molecule has 5 nitrogen and oxygen atoms in total. The highest BCUT2D eigenvalue weighted by atomic mass is 16.4. The summed E-state index contributed by atoms with van der Waals surface area (Å²) in [6.07, 6.45) is 3.97. The van der Waals surface area contributed by atoms with Gasteiger partial charge >= 0.3 is 5.97 Å². The Morgan fingerprint density at radius 2 is 2.21 bits per heavy atom. The van der Waals surface area contributed by atoms with Crippen molar-refractivity contribution in [2.45, 2.75) is 39.0 Å². The Morgan fingerprint density at radius 3 is 2.84 bits per heavy atom. The molecule has 1 aliphatic heterocycles. The number of amides is 1. The molecule has 0 aromatic carbocycles. The van der Waals surface area contributed by atoms with Gasteiger partial charge < -0.3 is 15.3 Å². The van der Waals surface area contributed by atoms with Crippen LogP contribution < -0.4 is 5.32 Å². The first-order chi connectivity index (χ1) is 9.02. The van der Waals surface area contributed by atoms with Gasteiger partial charge in [0.15, 0.2) is 0 Å². The zero-order chi connectivity index (χ0) is 14.3. The Balaban J connectivity index is 2.29. The molecule has 1 amide bonds. The quantitative estimate of drug-likeness (QED) is 0.732. The second kappa shape index (κ2) is 8.15. The minimum absolute atomic E-state index is 0.0906. The molecule has 1 heterocycles. The summed E-state index contributed by atoms with van der Waals surface area (Å²) in [5.41, 5.74) is 0. The number of nitrogens with one attached hydrogen (secondary N) is 1. The van der Waals surface area contributed by atoms with E-state index in [0.717, 1.165) is 38.9 Å². The van der Waals surface area contributed by atoms with E-state index in [2.05, 4.69) is 10.2 Å². The lowest BCUT2D eigenvalue weighted by molar-refractivity contribution is -0.138. The van der Waals surface area contributed by atoms with Gasteiger partial charge in [0.25, 0.3) is 0 Å². The highest BCUT2D eigenvalue weighted by molar-refractivity contribution is 5.75. The Kier molecular flexibility index (Phi) is 6.84. The molecule has 1 fully saturated rings. The molecule has 110 valence electrons. The molecule has 0 radical (unpaired) electrons. The first-order valence-electron chi connectivity index (χ1n) is 7.17. The van der Waals surface area contributed by atoms with Crippen LogP contribution in [0.1, 0.15) is 39.0 Å². The van der Waals surface area contributed by atoms with Crippen LogP contribution in [0.25, 0.3) is 0 Å². The largest absolute Gasteiger partial charge is 0.481 e. The molecule has 2 unspecified atom stereocenters. The lowest BCUT2D eigenvalue weighted by atomic mass is 9.84. The third-order valence-corrected chi connectivity index (χ3v) is 4.00. The van der Waals surface area contributed by atoms with Gasteiger partial charge in [-0.15, -0.1) is 0 Å². The van der Waals surface area contributed by atoms with Crippen LogP contribution in [-0.4, -0.2) is 48.6 Å². The van der Waals surface area contributed by atoms with Crippen LogP contribution in [0.15, 0.2) is 0 Å². The Morgan fingerprint density at radius 1 is 1.47 bits per heavy atom. The summed E-state index contributed by atoms with van der Waals surface area (Å²) in [7, 11) is 1.66. The van der Waals surface area contributed by atoms with Crippen molar-refractivity contribution in [3.63, 3.8) is 0 Å². The number of carboxylic acids is 1. The van der Waals surface area contributed by atoms with Crippen LogP contribution in [0.4, 0.5) is 0 Å². The number of piperidine rings is 1. The molecule has 0 bridgehead atoms. The third-order valence-electron chi connectivity index (χ3n) is 4.00. The van der Waals surface area contributed by atoms with Crippen molar-refractivity contribution in [1.29, 1.82) is 0 Å². The Bertz CT molecular complexity index is 307. The van der Waals surface area contributed by atoms with E-state index in [9.17, 15) is 9.59 Å². The summed E-state index contributed by atoms with van der Waals surface area (Å²) in [4.78, 5) is 24.3. The molecule has 0 aromatic rings. The zero-order valence-electron chi connectivity index (χ0n) is 12.0. The monoisotopic (exact) mass is 270 g/mol. The second-order valence-electron chi connectivity index (χ2n) is 5.55. The molecule has 19 heavy (non-hydrogen) atoms. The number of aliphatic carboxylic acids is 1. The molecule has 2 N–H and O–H groups in total. The van der Waals surface area contributed by atoms with Crippen LogP contribution in [-0.2, 0) is 9.59 Å². The van der Waals surface area contributed by atoms with Gasteiger partial charge in [0.05, 0.1) is 0 Å². The standard InChI is InChI=1S/C14H26N2O3/c1-11(9-14(18)19)12-5-3-7-16(10-12)8-4-6-13(17)15-2/h11-12H,3-10H2,1-2H3,(H,15,17)(H,18,19). The average molecular weight is 270 g/mol. The van der Waals surface area contributed by atoms with Gasteiger partial charge in [0.1, 0.15) is 0 Å². The number of carboxylic acid groups (broad SMARTS) is 1. The predicted octanol–water partition coefficient (Wildman–Crippen LogP) is 1.34. The fraction of sp³-hybridized carbons (Fsp3) is 0.857. The molecule has 0 spiro atoms. The lowest BCUT2D eigenvalue weighted by Crippen LogP contribution is -2.39. The average Bonchev–Trinajstić information content (AvgIpc) is 2.38. The van der Waals surface area contributed by atoms with Gasteiger partial charge in [-0.1, -0.05) is 6.92 Å². The Hall–Kier alpha value is -1.10. The van der Waals surface area contributed by atoms with Gasteiger partial charge in [-0.25, -0.2) is 0 Å². The molecular formula is C14H26N2O3. The maximum absolute atomic E-state index is 11.2. The SMILES string of the molecule is CNC(=O)CCCN1CCCC(C(C)CC(=O)O)C1. The molecule has 5 heteroatoms. The van der Waals surface area contributed by atoms with Gasteiger partial charge in [-0.05, 0) is 44.2 Å². The van der Waals surface area contributed by atoms with Gasteiger partial charge in [-0.3, -0.25) is 9.59 Å². The third kappa shape index (κ3) is 6.05. The van der Waals surface area contributed by atoms with Gasteiger partial charge in [-0.2, -0.15) is 0 Å². The number of carbonyl (C=O) groups is 2. The van der Waals surface area contributed by atoms with Crippen molar-refractivity contribution in [3.8, 4) is 0 Å². The molecule has 1 saturated heterocycles. The molecule has 1 rings (SSSR count). The number of nitrogens with zero attached hydrogens (tertiary/aromatic N) is 1. The molecule has 2 atom stereocenters. The van der Waals surface area contributed by atoms with E-state index in [1.165, 1.54) is 0 Å². The van der Waals surface area contributed by atoms with Crippen LogP contribution in [0.3, 0.4) is 0 Å². The first kappa shape index (κ1) is 16.0. The molecule has 0 aliphatic carbocycles. The predicted molar refractivity (Wildman–Crippen MR) is 73.9 cm³/mol. The highest BCUT2D eigenvalue weighted by Crippen LogP contribution is 2.26. The van der Waals surface area contributed by atoms with Gasteiger partial charge in [0.2, 0.25) is 5.91 Å². The van der Waals surface area contributed by atoms with Crippen LogP contribution in [0.5, 0.6) is 0 Å². The lowest BCUT2D eigenvalue weighted by Gasteiger charge is -2.35. The minimum atomic E-state index is -0.704. The number of hydrogen-bond acceptors (Lipinski definition) is 3. The minimum Gasteiger partial charge on any atom is -0.481 e. The van der Waals surface area contributed by atoms with Crippen LogP contribution in [0.2, 0.25) is 0 Å². The fourth-order valence-corrected chi connectivity index (χ4v) is 2.79. The molecular weight excluding hydrogens is 244 g/mol. The normalized spacial score (nSPS) is 21.9.